The van der Waals surface area contributed by atoms with Gasteiger partial charge in [0.25, 0.3) is 0 Å². The molecule has 0 bridgehead atoms. The Balaban J connectivity index is 1.96. The van der Waals surface area contributed by atoms with Gasteiger partial charge in [0.2, 0.25) is 0 Å². The number of benzene rings is 3. The minimum Gasteiger partial charge on any atom is -0.314 e. The highest BCUT2D eigenvalue weighted by molar-refractivity contribution is 6.02. The summed E-state index contributed by atoms with van der Waals surface area (Å²) in [6, 6.07) is 16.9. The first-order valence-electron chi connectivity index (χ1n) is 8.95. The van der Waals surface area contributed by atoms with Crippen LogP contribution in [0.4, 0.5) is 13.2 Å². The summed E-state index contributed by atoms with van der Waals surface area (Å²) >= 11 is 0. The zero-order valence-electron chi connectivity index (χ0n) is 14.4. The van der Waals surface area contributed by atoms with E-state index in [4.69, 9.17) is 0 Å². The standard InChI is InChI=1S/C21H21F3N2/c22-21(23,24)14-19(26-11-9-25-10-12-26)20-17-7-3-1-5-15(17)13-16-6-2-4-8-18(16)20/h1-8,13,19,25H,9-12,14H2/t19-/m0/s1. The number of piperazine rings is 1. The molecule has 1 atom stereocenters. The number of hydrogen-bond donors (Lipinski definition) is 1. The van der Waals surface area contributed by atoms with Gasteiger partial charge in [0.05, 0.1) is 6.42 Å². The lowest BCUT2D eigenvalue weighted by molar-refractivity contribution is -0.148. The van der Waals surface area contributed by atoms with Gasteiger partial charge < -0.3 is 5.32 Å². The van der Waals surface area contributed by atoms with Crippen molar-refractivity contribution in [2.45, 2.75) is 18.6 Å². The molecule has 1 aliphatic heterocycles. The first-order chi connectivity index (χ1) is 12.5. The molecule has 3 aromatic rings. The van der Waals surface area contributed by atoms with Gasteiger partial charge in [-0.05, 0) is 33.2 Å². The van der Waals surface area contributed by atoms with Gasteiger partial charge in [-0.15, -0.1) is 0 Å². The molecule has 0 amide bonds. The minimum atomic E-state index is -4.21. The predicted octanol–water partition coefficient (Wildman–Crippen LogP) is 4.89. The molecule has 0 unspecified atom stereocenters. The van der Waals surface area contributed by atoms with Crippen molar-refractivity contribution in [3.8, 4) is 0 Å². The molecule has 1 aliphatic rings. The molecule has 136 valence electrons. The summed E-state index contributed by atoms with van der Waals surface area (Å²) in [5.41, 5.74) is 0.804. The van der Waals surface area contributed by atoms with Crippen molar-refractivity contribution in [1.29, 1.82) is 0 Å². The van der Waals surface area contributed by atoms with Crippen LogP contribution in [0.15, 0.2) is 54.6 Å². The summed E-state index contributed by atoms with van der Waals surface area (Å²) in [5.74, 6) is 0. The number of nitrogens with zero attached hydrogens (tertiary/aromatic N) is 1. The van der Waals surface area contributed by atoms with Gasteiger partial charge >= 0.3 is 6.18 Å². The lowest BCUT2D eigenvalue weighted by atomic mass is 9.89. The number of nitrogens with one attached hydrogen (secondary N) is 1. The van der Waals surface area contributed by atoms with E-state index in [9.17, 15) is 13.2 Å². The van der Waals surface area contributed by atoms with Crippen molar-refractivity contribution >= 4 is 21.5 Å². The summed E-state index contributed by atoms with van der Waals surface area (Å²) in [4.78, 5) is 1.98. The number of alkyl halides is 3. The quantitative estimate of drug-likeness (QED) is 0.671. The summed E-state index contributed by atoms with van der Waals surface area (Å²) < 4.78 is 40.5. The van der Waals surface area contributed by atoms with Crippen LogP contribution in [0.25, 0.3) is 21.5 Å². The zero-order chi connectivity index (χ0) is 18.1. The fourth-order valence-electron chi connectivity index (χ4n) is 4.03. The Morgan fingerprint density at radius 3 is 1.96 bits per heavy atom. The molecule has 3 aromatic carbocycles. The van der Waals surface area contributed by atoms with Gasteiger partial charge in [-0.1, -0.05) is 48.5 Å². The van der Waals surface area contributed by atoms with Gasteiger partial charge in [-0.3, -0.25) is 4.90 Å². The normalized spacial score (nSPS) is 17.7. The third-order valence-corrected chi connectivity index (χ3v) is 5.16. The van der Waals surface area contributed by atoms with Crippen LogP contribution in [0, 0.1) is 0 Å². The van der Waals surface area contributed by atoms with Crippen molar-refractivity contribution in [3.05, 3.63) is 60.2 Å². The van der Waals surface area contributed by atoms with E-state index in [1.165, 1.54) is 0 Å². The van der Waals surface area contributed by atoms with Gasteiger partial charge in [-0.2, -0.15) is 13.2 Å². The zero-order valence-corrected chi connectivity index (χ0v) is 14.4. The number of halogens is 3. The predicted molar refractivity (Wildman–Crippen MR) is 99.3 cm³/mol. The SMILES string of the molecule is FC(F)(F)C[C@@H](c1c2ccccc2cc2ccccc12)N1CCNCC1. The van der Waals surface area contributed by atoms with E-state index in [0.717, 1.165) is 40.2 Å². The largest absolute Gasteiger partial charge is 0.390 e. The fraction of sp³-hybridized carbons (Fsp3) is 0.333. The van der Waals surface area contributed by atoms with Crippen molar-refractivity contribution < 1.29 is 13.2 Å². The van der Waals surface area contributed by atoms with E-state index in [1.807, 2.05) is 53.4 Å². The van der Waals surface area contributed by atoms with Crippen LogP contribution in [-0.2, 0) is 0 Å². The lowest BCUT2D eigenvalue weighted by Gasteiger charge is -2.36. The van der Waals surface area contributed by atoms with Crippen molar-refractivity contribution in [2.75, 3.05) is 26.2 Å². The third kappa shape index (κ3) is 3.41. The van der Waals surface area contributed by atoms with Crippen LogP contribution in [0.3, 0.4) is 0 Å². The Hall–Kier alpha value is -2.11. The van der Waals surface area contributed by atoms with Crippen molar-refractivity contribution in [1.82, 2.24) is 10.2 Å². The molecule has 1 fully saturated rings. The first kappa shape index (κ1) is 17.3. The van der Waals surface area contributed by atoms with Gasteiger partial charge in [0.15, 0.2) is 0 Å². The molecule has 0 saturated carbocycles. The summed E-state index contributed by atoms with van der Waals surface area (Å²) in [5, 5.41) is 7.05. The maximum atomic E-state index is 13.5. The lowest BCUT2D eigenvalue weighted by Crippen LogP contribution is -2.46. The smallest absolute Gasteiger partial charge is 0.314 e. The first-order valence-corrected chi connectivity index (χ1v) is 8.95. The fourth-order valence-corrected chi connectivity index (χ4v) is 4.03. The molecular weight excluding hydrogens is 337 g/mol. The molecule has 0 radical (unpaired) electrons. The van der Waals surface area contributed by atoms with Crippen LogP contribution >= 0.6 is 0 Å². The molecule has 0 spiro atoms. The average molecular weight is 358 g/mol. The van der Waals surface area contributed by atoms with Crippen molar-refractivity contribution in [3.63, 3.8) is 0 Å². The van der Waals surface area contributed by atoms with E-state index in [-0.39, 0.29) is 0 Å². The molecule has 0 aromatic heterocycles. The monoisotopic (exact) mass is 358 g/mol. The maximum absolute atomic E-state index is 13.5. The number of fused-ring (bicyclic) bond motifs is 2. The second kappa shape index (κ2) is 6.89. The maximum Gasteiger partial charge on any atom is 0.390 e. The molecule has 1 saturated heterocycles. The van der Waals surface area contributed by atoms with Crippen molar-refractivity contribution in [2.24, 2.45) is 0 Å². The van der Waals surface area contributed by atoms with Crippen LogP contribution in [-0.4, -0.2) is 37.3 Å². The second-order valence-corrected chi connectivity index (χ2v) is 6.85. The Morgan fingerprint density at radius 1 is 0.885 bits per heavy atom. The Kier molecular flexibility index (Phi) is 4.59. The van der Waals surface area contributed by atoms with E-state index >= 15 is 0 Å². The van der Waals surface area contributed by atoms with E-state index in [0.29, 0.717) is 13.1 Å². The molecule has 2 nitrogen and oxygen atoms in total. The van der Waals surface area contributed by atoms with Crippen LogP contribution in [0.1, 0.15) is 18.0 Å². The van der Waals surface area contributed by atoms with E-state index in [2.05, 4.69) is 11.4 Å². The Bertz CT molecular complexity index is 860. The summed E-state index contributed by atoms with van der Waals surface area (Å²) in [7, 11) is 0. The van der Waals surface area contributed by atoms with Gasteiger partial charge in [0.1, 0.15) is 0 Å². The molecule has 4 rings (SSSR count). The molecule has 1 heterocycles. The molecule has 26 heavy (non-hydrogen) atoms. The van der Waals surface area contributed by atoms with Gasteiger partial charge in [0, 0.05) is 32.2 Å². The Morgan fingerprint density at radius 2 is 1.42 bits per heavy atom. The van der Waals surface area contributed by atoms with E-state index in [1.54, 1.807) is 0 Å². The Labute approximate surface area is 150 Å². The molecule has 1 N–H and O–H groups in total. The molecular formula is C21H21F3N2. The molecule has 0 aliphatic carbocycles. The number of rotatable bonds is 3. The van der Waals surface area contributed by atoms with Crippen LogP contribution < -0.4 is 5.32 Å². The number of hydrogen-bond acceptors (Lipinski definition) is 2. The summed E-state index contributed by atoms with van der Waals surface area (Å²) in [6.07, 6.45) is -5.04. The summed E-state index contributed by atoms with van der Waals surface area (Å²) in [6.45, 7) is 2.69. The third-order valence-electron chi connectivity index (χ3n) is 5.16. The highest BCUT2D eigenvalue weighted by Gasteiger charge is 2.37. The van der Waals surface area contributed by atoms with E-state index < -0.39 is 18.6 Å². The highest BCUT2D eigenvalue weighted by atomic mass is 19.4. The average Bonchev–Trinajstić information content (AvgIpc) is 2.64. The topological polar surface area (TPSA) is 15.3 Å². The minimum absolute atomic E-state index is 0.623. The molecule has 5 heteroatoms. The highest BCUT2D eigenvalue weighted by Crippen LogP contribution is 2.41. The van der Waals surface area contributed by atoms with Crippen LogP contribution in [0.5, 0.6) is 0 Å². The van der Waals surface area contributed by atoms with Gasteiger partial charge in [-0.25, -0.2) is 0 Å². The second-order valence-electron chi connectivity index (χ2n) is 6.85. The van der Waals surface area contributed by atoms with Crippen LogP contribution in [0.2, 0.25) is 0 Å².